The number of halogens is 1. The first-order valence-electron chi connectivity index (χ1n) is 6.49. The van der Waals surface area contributed by atoms with Crippen molar-refractivity contribution >= 4 is 27.6 Å². The van der Waals surface area contributed by atoms with Gasteiger partial charge in [0.2, 0.25) is 0 Å². The van der Waals surface area contributed by atoms with Crippen molar-refractivity contribution in [2.24, 2.45) is 5.92 Å². The predicted octanol–water partition coefficient (Wildman–Crippen LogP) is 3.34. The fourth-order valence-electron chi connectivity index (χ4n) is 2.03. The summed E-state index contributed by atoms with van der Waals surface area (Å²) in [6.07, 6.45) is 0.127. The number of amides is 2. The summed E-state index contributed by atoms with van der Waals surface area (Å²) in [5, 5.41) is 2.91. The van der Waals surface area contributed by atoms with E-state index in [1.54, 1.807) is 0 Å². The fraction of sp³-hybridized carbons (Fsp3) is 0.500. The van der Waals surface area contributed by atoms with Crippen molar-refractivity contribution in [1.82, 2.24) is 4.90 Å². The fourth-order valence-corrected chi connectivity index (χ4v) is 2.43. The van der Waals surface area contributed by atoms with E-state index in [4.69, 9.17) is 4.74 Å². The highest BCUT2D eigenvalue weighted by Crippen LogP contribution is 2.18. The molecule has 1 fully saturated rings. The predicted molar refractivity (Wildman–Crippen MR) is 79.3 cm³/mol. The van der Waals surface area contributed by atoms with Gasteiger partial charge in [0.15, 0.2) is 0 Å². The average Bonchev–Trinajstić information content (AvgIpc) is 2.39. The van der Waals surface area contributed by atoms with Crippen molar-refractivity contribution in [2.45, 2.75) is 20.0 Å². The standard InChI is InChI=1S/C14H19BrN2O2/c1-10(2)13-9-17(6-7-19-13)14(18)16-12-5-3-4-11(15)8-12/h3-5,8,10,13H,6-7,9H2,1-2H3,(H,16,18)/t13-/m0/s1. The minimum absolute atomic E-state index is 0.0629. The van der Waals surface area contributed by atoms with Crippen molar-refractivity contribution in [3.63, 3.8) is 0 Å². The first-order chi connectivity index (χ1) is 9.06. The molecule has 104 valence electrons. The zero-order chi connectivity index (χ0) is 13.8. The van der Waals surface area contributed by atoms with Gasteiger partial charge in [0, 0.05) is 23.2 Å². The molecule has 0 aromatic heterocycles. The van der Waals surface area contributed by atoms with E-state index >= 15 is 0 Å². The molecule has 1 N–H and O–H groups in total. The van der Waals surface area contributed by atoms with Gasteiger partial charge in [0.1, 0.15) is 0 Å². The van der Waals surface area contributed by atoms with Crippen LogP contribution < -0.4 is 5.32 Å². The molecule has 1 atom stereocenters. The summed E-state index contributed by atoms with van der Waals surface area (Å²) >= 11 is 3.39. The molecule has 1 aromatic carbocycles. The van der Waals surface area contributed by atoms with E-state index in [2.05, 4.69) is 35.1 Å². The van der Waals surface area contributed by atoms with Gasteiger partial charge < -0.3 is 15.0 Å². The summed E-state index contributed by atoms with van der Waals surface area (Å²) < 4.78 is 6.61. The number of carbonyl (C=O) groups is 1. The van der Waals surface area contributed by atoms with Gasteiger partial charge in [-0.2, -0.15) is 0 Å². The maximum atomic E-state index is 12.2. The number of morpholine rings is 1. The van der Waals surface area contributed by atoms with E-state index in [1.165, 1.54) is 0 Å². The lowest BCUT2D eigenvalue weighted by Crippen LogP contribution is -2.48. The Hall–Kier alpha value is -1.07. The van der Waals surface area contributed by atoms with Crippen LogP contribution in [0.2, 0.25) is 0 Å². The minimum atomic E-state index is -0.0629. The normalized spacial score (nSPS) is 19.6. The van der Waals surface area contributed by atoms with Crippen LogP contribution in [0.3, 0.4) is 0 Å². The topological polar surface area (TPSA) is 41.6 Å². The number of hydrogen-bond acceptors (Lipinski definition) is 2. The first kappa shape index (κ1) is 14.3. The molecule has 1 heterocycles. The smallest absolute Gasteiger partial charge is 0.322 e. The summed E-state index contributed by atoms with van der Waals surface area (Å²) in [5.41, 5.74) is 0.798. The van der Waals surface area contributed by atoms with E-state index in [0.29, 0.717) is 25.6 Å². The molecule has 1 aromatic rings. The number of rotatable bonds is 2. The molecule has 2 amide bonds. The lowest BCUT2D eigenvalue weighted by atomic mass is 10.1. The van der Waals surface area contributed by atoms with Crippen LogP contribution in [0.25, 0.3) is 0 Å². The highest BCUT2D eigenvalue weighted by molar-refractivity contribution is 9.10. The van der Waals surface area contributed by atoms with E-state index in [1.807, 2.05) is 29.2 Å². The number of anilines is 1. The zero-order valence-electron chi connectivity index (χ0n) is 11.2. The van der Waals surface area contributed by atoms with Crippen molar-refractivity contribution in [3.05, 3.63) is 28.7 Å². The number of carbonyl (C=O) groups excluding carboxylic acids is 1. The number of nitrogens with zero attached hydrogens (tertiary/aromatic N) is 1. The van der Waals surface area contributed by atoms with Gasteiger partial charge in [-0.1, -0.05) is 35.8 Å². The van der Waals surface area contributed by atoms with Crippen molar-refractivity contribution < 1.29 is 9.53 Å². The molecule has 0 spiro atoms. The van der Waals surface area contributed by atoms with Crippen LogP contribution in [0.1, 0.15) is 13.8 Å². The zero-order valence-corrected chi connectivity index (χ0v) is 12.8. The quantitative estimate of drug-likeness (QED) is 0.905. The molecule has 0 bridgehead atoms. The number of nitrogens with one attached hydrogen (secondary N) is 1. The number of benzene rings is 1. The van der Waals surface area contributed by atoms with Gasteiger partial charge in [0.25, 0.3) is 0 Å². The number of ether oxygens (including phenoxy) is 1. The highest BCUT2D eigenvalue weighted by atomic mass is 79.9. The second kappa shape index (κ2) is 6.39. The Labute approximate surface area is 122 Å². The second-order valence-corrected chi connectivity index (χ2v) is 5.96. The summed E-state index contributed by atoms with van der Waals surface area (Å²) in [6.45, 7) is 6.12. The summed E-state index contributed by atoms with van der Waals surface area (Å²) in [5.74, 6) is 0.418. The van der Waals surface area contributed by atoms with E-state index in [-0.39, 0.29) is 12.1 Å². The third-order valence-electron chi connectivity index (χ3n) is 3.20. The van der Waals surface area contributed by atoms with Gasteiger partial charge in [-0.25, -0.2) is 4.79 Å². The van der Waals surface area contributed by atoms with E-state index in [0.717, 1.165) is 10.2 Å². The van der Waals surface area contributed by atoms with E-state index in [9.17, 15) is 4.79 Å². The Morgan fingerprint density at radius 1 is 1.53 bits per heavy atom. The average molecular weight is 327 g/mol. The van der Waals surface area contributed by atoms with Gasteiger partial charge in [-0.05, 0) is 24.1 Å². The van der Waals surface area contributed by atoms with Crippen molar-refractivity contribution in [3.8, 4) is 0 Å². The monoisotopic (exact) mass is 326 g/mol. The van der Waals surface area contributed by atoms with Crippen LogP contribution in [-0.4, -0.2) is 36.7 Å². The lowest BCUT2D eigenvalue weighted by molar-refractivity contribution is -0.0354. The molecular weight excluding hydrogens is 308 g/mol. The Kier molecular flexibility index (Phi) is 4.82. The maximum absolute atomic E-state index is 12.2. The van der Waals surface area contributed by atoms with Crippen LogP contribution >= 0.6 is 15.9 Å². The minimum Gasteiger partial charge on any atom is -0.374 e. The molecule has 1 aliphatic rings. The van der Waals surface area contributed by atoms with Crippen molar-refractivity contribution in [1.29, 1.82) is 0 Å². The molecule has 5 heteroatoms. The largest absolute Gasteiger partial charge is 0.374 e. The van der Waals surface area contributed by atoms with Gasteiger partial charge in [-0.3, -0.25) is 0 Å². The third kappa shape index (κ3) is 3.94. The van der Waals surface area contributed by atoms with Crippen LogP contribution in [0, 0.1) is 5.92 Å². The van der Waals surface area contributed by atoms with Crippen LogP contribution in [0.15, 0.2) is 28.7 Å². The van der Waals surface area contributed by atoms with Gasteiger partial charge >= 0.3 is 6.03 Å². The van der Waals surface area contributed by atoms with Gasteiger partial charge in [-0.15, -0.1) is 0 Å². The third-order valence-corrected chi connectivity index (χ3v) is 3.69. The maximum Gasteiger partial charge on any atom is 0.322 e. The molecule has 4 nitrogen and oxygen atoms in total. The van der Waals surface area contributed by atoms with Crippen LogP contribution in [-0.2, 0) is 4.74 Å². The molecule has 0 unspecified atom stereocenters. The molecule has 2 rings (SSSR count). The van der Waals surface area contributed by atoms with E-state index < -0.39 is 0 Å². The summed E-state index contributed by atoms with van der Waals surface area (Å²) in [4.78, 5) is 14.0. The Morgan fingerprint density at radius 2 is 2.32 bits per heavy atom. The molecule has 19 heavy (non-hydrogen) atoms. The number of urea groups is 1. The molecular formula is C14H19BrN2O2. The SMILES string of the molecule is CC(C)[C@@H]1CN(C(=O)Nc2cccc(Br)c2)CCO1. The Morgan fingerprint density at radius 3 is 3.00 bits per heavy atom. The molecule has 0 saturated carbocycles. The van der Waals surface area contributed by atoms with Crippen LogP contribution in [0.4, 0.5) is 10.5 Å². The molecule has 1 saturated heterocycles. The Bertz CT molecular complexity index is 451. The number of hydrogen-bond donors (Lipinski definition) is 1. The lowest BCUT2D eigenvalue weighted by Gasteiger charge is -2.34. The molecule has 1 aliphatic heterocycles. The Balaban J connectivity index is 1.96. The van der Waals surface area contributed by atoms with Gasteiger partial charge in [0.05, 0.1) is 12.7 Å². The highest BCUT2D eigenvalue weighted by Gasteiger charge is 2.26. The molecule has 0 radical (unpaired) electrons. The van der Waals surface area contributed by atoms with Crippen molar-refractivity contribution in [2.75, 3.05) is 25.0 Å². The summed E-state index contributed by atoms with van der Waals surface area (Å²) in [7, 11) is 0. The molecule has 0 aliphatic carbocycles. The van der Waals surface area contributed by atoms with Crippen LogP contribution in [0.5, 0.6) is 0 Å². The second-order valence-electron chi connectivity index (χ2n) is 5.04. The first-order valence-corrected chi connectivity index (χ1v) is 7.28. The summed E-state index contributed by atoms with van der Waals surface area (Å²) in [6, 6.07) is 7.53.